The predicted octanol–water partition coefficient (Wildman–Crippen LogP) is 2.52. The van der Waals surface area contributed by atoms with Gasteiger partial charge in [0, 0.05) is 22.2 Å². The number of carbonyl (C=O) groups is 1. The molecule has 2 aromatic carbocycles. The molecule has 0 saturated carbocycles. The molecule has 6 heteroatoms. The second kappa shape index (κ2) is 6.08. The van der Waals surface area contributed by atoms with E-state index in [-0.39, 0.29) is 11.5 Å². The molecule has 0 bridgehead atoms. The summed E-state index contributed by atoms with van der Waals surface area (Å²) in [6, 6.07) is 10.4. The lowest BCUT2D eigenvalue weighted by molar-refractivity contribution is 0.0955. The molecule has 3 N–H and O–H groups in total. The molecule has 0 aromatic heterocycles. The van der Waals surface area contributed by atoms with Gasteiger partial charge in [-0.25, -0.2) is 5.43 Å². The summed E-state index contributed by atoms with van der Waals surface area (Å²) in [5, 5.41) is 22.9. The molecule has 0 fully saturated rings. The number of carbonyl (C=O) groups excluding carboxylic acids is 1. The summed E-state index contributed by atoms with van der Waals surface area (Å²) in [5.41, 5.74) is 3.11. The van der Waals surface area contributed by atoms with Gasteiger partial charge in [-0.1, -0.05) is 11.6 Å². The molecule has 5 nitrogen and oxygen atoms in total. The Morgan fingerprint density at radius 1 is 1.15 bits per heavy atom. The Morgan fingerprint density at radius 3 is 2.50 bits per heavy atom. The minimum absolute atomic E-state index is 0.0511. The summed E-state index contributed by atoms with van der Waals surface area (Å²) in [4.78, 5) is 11.7. The number of rotatable bonds is 3. The zero-order valence-electron chi connectivity index (χ0n) is 10.2. The van der Waals surface area contributed by atoms with E-state index in [0.717, 1.165) is 0 Å². The molecule has 102 valence electrons. The maximum absolute atomic E-state index is 11.7. The Bertz CT molecular complexity index is 654. The zero-order valence-corrected chi connectivity index (χ0v) is 11.0. The summed E-state index contributed by atoms with van der Waals surface area (Å²) in [7, 11) is 0. The van der Waals surface area contributed by atoms with E-state index in [1.807, 2.05) is 0 Å². The number of nitrogens with zero attached hydrogens (tertiary/aromatic N) is 1. The van der Waals surface area contributed by atoms with Crippen molar-refractivity contribution in [1.29, 1.82) is 0 Å². The molecular weight excluding hydrogens is 280 g/mol. The monoisotopic (exact) mass is 290 g/mol. The normalized spacial score (nSPS) is 10.7. The molecule has 1 amide bonds. The Morgan fingerprint density at radius 2 is 1.85 bits per heavy atom. The highest BCUT2D eigenvalue weighted by Gasteiger charge is 2.03. The van der Waals surface area contributed by atoms with Crippen molar-refractivity contribution in [3.05, 3.63) is 58.6 Å². The van der Waals surface area contributed by atoms with Gasteiger partial charge >= 0.3 is 0 Å². The predicted molar refractivity (Wildman–Crippen MR) is 76.3 cm³/mol. The van der Waals surface area contributed by atoms with Gasteiger partial charge in [-0.05, 0) is 36.4 Å². The maximum atomic E-state index is 11.7. The number of hydrogen-bond donors (Lipinski definition) is 3. The maximum Gasteiger partial charge on any atom is 0.271 e. The Kier molecular flexibility index (Phi) is 4.22. The third-order valence-corrected chi connectivity index (χ3v) is 2.74. The molecule has 0 atom stereocenters. The van der Waals surface area contributed by atoms with Crippen molar-refractivity contribution in [2.24, 2.45) is 5.10 Å². The van der Waals surface area contributed by atoms with Crippen LogP contribution in [0, 0.1) is 0 Å². The topological polar surface area (TPSA) is 81.9 Å². The lowest BCUT2D eigenvalue weighted by Crippen LogP contribution is -2.17. The van der Waals surface area contributed by atoms with Crippen LogP contribution in [0.2, 0.25) is 5.02 Å². The van der Waals surface area contributed by atoms with Crippen LogP contribution < -0.4 is 5.43 Å². The van der Waals surface area contributed by atoms with Gasteiger partial charge in [0.25, 0.3) is 5.91 Å². The lowest BCUT2D eigenvalue weighted by atomic mass is 10.2. The van der Waals surface area contributed by atoms with Crippen LogP contribution in [0.25, 0.3) is 0 Å². The van der Waals surface area contributed by atoms with Gasteiger partial charge < -0.3 is 10.2 Å². The fraction of sp³-hybridized carbons (Fsp3) is 0. The molecule has 0 spiro atoms. The summed E-state index contributed by atoms with van der Waals surface area (Å²) >= 11 is 5.72. The van der Waals surface area contributed by atoms with E-state index in [0.29, 0.717) is 16.1 Å². The molecule has 2 rings (SSSR count). The van der Waals surface area contributed by atoms with Crippen LogP contribution >= 0.6 is 11.6 Å². The van der Waals surface area contributed by atoms with E-state index in [1.165, 1.54) is 24.4 Å². The van der Waals surface area contributed by atoms with Crippen LogP contribution in [0.15, 0.2) is 47.6 Å². The number of amides is 1. The number of nitrogens with one attached hydrogen (secondary N) is 1. The van der Waals surface area contributed by atoms with E-state index in [1.54, 1.807) is 24.3 Å². The van der Waals surface area contributed by atoms with Crippen LogP contribution in [0.5, 0.6) is 11.5 Å². The first-order valence-corrected chi connectivity index (χ1v) is 6.05. The number of aromatic hydroxyl groups is 2. The van der Waals surface area contributed by atoms with E-state index in [4.69, 9.17) is 16.7 Å². The van der Waals surface area contributed by atoms with Crippen molar-refractivity contribution in [2.75, 3.05) is 0 Å². The summed E-state index contributed by atoms with van der Waals surface area (Å²) in [5.74, 6) is -0.574. The van der Waals surface area contributed by atoms with E-state index in [9.17, 15) is 9.90 Å². The van der Waals surface area contributed by atoms with Gasteiger partial charge in [0.1, 0.15) is 11.5 Å². The molecule has 0 aliphatic heterocycles. The highest BCUT2D eigenvalue weighted by atomic mass is 35.5. The van der Waals surface area contributed by atoms with E-state index < -0.39 is 5.91 Å². The highest BCUT2D eigenvalue weighted by Crippen LogP contribution is 2.20. The largest absolute Gasteiger partial charge is 0.508 e. The van der Waals surface area contributed by atoms with Crippen molar-refractivity contribution in [2.45, 2.75) is 0 Å². The third kappa shape index (κ3) is 3.49. The smallest absolute Gasteiger partial charge is 0.271 e. The molecule has 0 radical (unpaired) electrons. The molecule has 20 heavy (non-hydrogen) atoms. The van der Waals surface area contributed by atoms with E-state index in [2.05, 4.69) is 10.5 Å². The minimum atomic E-state index is -0.392. The van der Waals surface area contributed by atoms with Crippen molar-refractivity contribution in [3.8, 4) is 11.5 Å². The fourth-order valence-electron chi connectivity index (χ4n) is 1.47. The van der Waals surface area contributed by atoms with Crippen LogP contribution in [0.1, 0.15) is 15.9 Å². The Balaban J connectivity index is 2.02. The third-order valence-electron chi connectivity index (χ3n) is 2.49. The Labute approximate surface area is 120 Å². The SMILES string of the molecule is O=C(NN=Cc1ccc(O)cc1O)c1ccc(Cl)cc1. The summed E-state index contributed by atoms with van der Waals surface area (Å²) in [6.07, 6.45) is 1.28. The number of hydrazone groups is 1. The fourth-order valence-corrected chi connectivity index (χ4v) is 1.59. The van der Waals surface area contributed by atoms with Crippen molar-refractivity contribution >= 4 is 23.7 Å². The van der Waals surface area contributed by atoms with Crippen molar-refractivity contribution in [3.63, 3.8) is 0 Å². The van der Waals surface area contributed by atoms with Gasteiger partial charge in [0.2, 0.25) is 0 Å². The molecular formula is C14H11ClN2O3. The second-order valence-electron chi connectivity index (χ2n) is 3.95. The molecule has 0 heterocycles. The van der Waals surface area contributed by atoms with Crippen LogP contribution in [-0.4, -0.2) is 22.3 Å². The lowest BCUT2D eigenvalue weighted by Gasteiger charge is -2.01. The molecule has 0 saturated heterocycles. The van der Waals surface area contributed by atoms with Gasteiger partial charge in [-0.15, -0.1) is 0 Å². The van der Waals surface area contributed by atoms with Crippen LogP contribution in [-0.2, 0) is 0 Å². The number of phenols is 2. The average molecular weight is 291 g/mol. The van der Waals surface area contributed by atoms with Gasteiger partial charge in [-0.2, -0.15) is 5.10 Å². The van der Waals surface area contributed by atoms with Gasteiger partial charge in [0.15, 0.2) is 0 Å². The molecule has 0 aliphatic carbocycles. The molecule has 0 unspecified atom stereocenters. The summed E-state index contributed by atoms with van der Waals surface area (Å²) in [6.45, 7) is 0. The number of halogens is 1. The first-order chi connectivity index (χ1) is 9.56. The molecule has 0 aliphatic rings. The number of phenolic OH excluding ortho intramolecular Hbond substituents is 2. The second-order valence-corrected chi connectivity index (χ2v) is 4.39. The zero-order chi connectivity index (χ0) is 14.5. The number of benzene rings is 2. The highest BCUT2D eigenvalue weighted by molar-refractivity contribution is 6.30. The van der Waals surface area contributed by atoms with E-state index >= 15 is 0 Å². The standard InChI is InChI=1S/C14H11ClN2O3/c15-11-4-1-9(2-5-11)14(20)17-16-8-10-3-6-12(18)7-13(10)19/h1-8,18-19H,(H,17,20). The summed E-state index contributed by atoms with van der Waals surface area (Å²) < 4.78 is 0. The van der Waals surface area contributed by atoms with Crippen molar-refractivity contribution < 1.29 is 15.0 Å². The quantitative estimate of drug-likeness (QED) is 0.600. The first kappa shape index (κ1) is 13.9. The average Bonchev–Trinajstić information content (AvgIpc) is 2.42. The van der Waals surface area contributed by atoms with Crippen LogP contribution in [0.4, 0.5) is 0 Å². The first-order valence-electron chi connectivity index (χ1n) is 5.67. The van der Waals surface area contributed by atoms with Gasteiger partial charge in [0.05, 0.1) is 6.21 Å². The minimum Gasteiger partial charge on any atom is -0.508 e. The Hall–Kier alpha value is -2.53. The van der Waals surface area contributed by atoms with Crippen molar-refractivity contribution in [1.82, 2.24) is 5.43 Å². The number of hydrogen-bond acceptors (Lipinski definition) is 4. The molecule has 2 aromatic rings. The van der Waals surface area contributed by atoms with Crippen LogP contribution in [0.3, 0.4) is 0 Å². The van der Waals surface area contributed by atoms with Gasteiger partial charge in [-0.3, -0.25) is 4.79 Å².